The summed E-state index contributed by atoms with van der Waals surface area (Å²) in [6, 6.07) is 35.5. The number of rotatable bonds is 8. The summed E-state index contributed by atoms with van der Waals surface area (Å²) in [6.45, 7) is 15.2. The molecule has 8 aromatic carbocycles. The number of phenolic OH excluding ortho intramolecular Hbond substituents is 8. The number of phenols is 8. The van der Waals surface area contributed by atoms with Gasteiger partial charge >= 0.3 is 0 Å². The van der Waals surface area contributed by atoms with Crippen LogP contribution in [0.3, 0.4) is 0 Å². The van der Waals surface area contributed by atoms with Crippen LogP contribution >= 0.6 is 0 Å². The molecule has 0 radical (unpaired) electrons. The molecular formula is C62H60O10. The fourth-order valence-corrected chi connectivity index (χ4v) is 10.8. The quantitative estimate of drug-likeness (QED) is 0.0730. The van der Waals surface area contributed by atoms with E-state index in [4.69, 9.17) is 9.47 Å². The maximum Gasteiger partial charge on any atom is 0.127 e. The maximum absolute atomic E-state index is 12.6. The molecule has 0 amide bonds. The minimum Gasteiger partial charge on any atom is -0.508 e. The molecule has 10 nitrogen and oxygen atoms in total. The average Bonchev–Trinajstić information content (AvgIpc) is 3.33. The van der Waals surface area contributed by atoms with Crippen LogP contribution in [0.2, 0.25) is 0 Å². The summed E-state index contributed by atoms with van der Waals surface area (Å²) in [7, 11) is 0. The normalized spacial score (nSPS) is 16.3. The summed E-state index contributed by atoms with van der Waals surface area (Å²) in [6.07, 6.45) is 0. The van der Waals surface area contributed by atoms with E-state index in [1.807, 2.05) is 102 Å². The number of hydrogen-bond donors (Lipinski definition) is 8. The smallest absolute Gasteiger partial charge is 0.127 e. The van der Waals surface area contributed by atoms with Crippen molar-refractivity contribution in [3.8, 4) is 57.5 Å². The monoisotopic (exact) mass is 964 g/mol. The lowest BCUT2D eigenvalue weighted by Crippen LogP contribution is -2.15. The summed E-state index contributed by atoms with van der Waals surface area (Å²) >= 11 is 0. The standard InChI is InChI=1S/C62H60O10/c1-9-71-57-29-55(69)45-27-47(57)62(40-14-18-52(66)36(8)22-40)46-28-48(58(72-10-2)30-56(46)70)61(39-13-17-51(65)35(7)21-39)44-26-42(32(4)24-54(44)68)59(37-11-15-49(63)33(5)19-37)43-25-41(31(3)23-53(43)67)60(45)38-12-16-50(64)34(6)20-38/h11-30,59-70H,9-10H2,1-8H3. The molecule has 1 aliphatic rings. The molecule has 0 heterocycles. The largest absolute Gasteiger partial charge is 0.508 e. The van der Waals surface area contributed by atoms with Crippen molar-refractivity contribution in [2.24, 2.45) is 0 Å². The number of aryl methyl sites for hydroxylation is 6. The van der Waals surface area contributed by atoms with Gasteiger partial charge in [0.1, 0.15) is 57.5 Å². The van der Waals surface area contributed by atoms with Gasteiger partial charge in [-0.1, -0.05) is 48.5 Å². The number of benzene rings is 8. The fraction of sp³-hybridized carbons (Fsp3) is 0.226. The molecule has 9 rings (SSSR count). The van der Waals surface area contributed by atoms with E-state index in [9.17, 15) is 40.9 Å². The van der Waals surface area contributed by atoms with Crippen molar-refractivity contribution in [3.05, 3.63) is 221 Å². The Balaban J connectivity index is 1.53. The molecule has 0 aromatic heterocycles. The number of fused-ring (bicyclic) bond motifs is 8. The van der Waals surface area contributed by atoms with Gasteiger partial charge in [0.2, 0.25) is 0 Å². The topological polar surface area (TPSA) is 180 Å². The molecule has 0 aliphatic heterocycles. The molecule has 4 unspecified atom stereocenters. The third-order valence-electron chi connectivity index (χ3n) is 14.5. The van der Waals surface area contributed by atoms with Crippen LogP contribution in [-0.4, -0.2) is 54.1 Å². The zero-order chi connectivity index (χ0) is 51.4. The van der Waals surface area contributed by atoms with Crippen LogP contribution in [0.5, 0.6) is 57.5 Å². The highest BCUT2D eigenvalue weighted by molar-refractivity contribution is 5.67. The minimum absolute atomic E-state index is 0.00496. The van der Waals surface area contributed by atoms with E-state index >= 15 is 0 Å². The van der Waals surface area contributed by atoms with Crippen LogP contribution in [-0.2, 0) is 0 Å². The highest BCUT2D eigenvalue weighted by Gasteiger charge is 2.35. The number of hydrogen-bond acceptors (Lipinski definition) is 10. The van der Waals surface area contributed by atoms with E-state index in [1.54, 1.807) is 74.5 Å². The van der Waals surface area contributed by atoms with Gasteiger partial charge in [-0.2, -0.15) is 0 Å². The van der Waals surface area contributed by atoms with Crippen LogP contribution in [0.1, 0.15) is 138 Å². The summed E-state index contributed by atoms with van der Waals surface area (Å²) < 4.78 is 12.9. The molecule has 8 bridgehead atoms. The van der Waals surface area contributed by atoms with Crippen molar-refractivity contribution in [1.82, 2.24) is 0 Å². The third-order valence-corrected chi connectivity index (χ3v) is 14.5. The summed E-state index contributed by atoms with van der Waals surface area (Å²) in [5, 5.41) is 93.6. The molecular weight excluding hydrogens is 905 g/mol. The van der Waals surface area contributed by atoms with Crippen LogP contribution in [0.15, 0.2) is 121 Å². The zero-order valence-electron chi connectivity index (χ0n) is 41.7. The lowest BCUT2D eigenvalue weighted by atomic mass is 9.74. The second kappa shape index (κ2) is 19.2. The van der Waals surface area contributed by atoms with Crippen LogP contribution < -0.4 is 9.47 Å². The van der Waals surface area contributed by atoms with Gasteiger partial charge in [-0.05, 0) is 183 Å². The molecule has 1 aliphatic carbocycles. The first-order valence-corrected chi connectivity index (χ1v) is 24.2. The molecule has 368 valence electrons. The van der Waals surface area contributed by atoms with E-state index in [0.29, 0.717) is 89.4 Å². The molecule has 8 aromatic rings. The van der Waals surface area contributed by atoms with E-state index < -0.39 is 23.7 Å². The van der Waals surface area contributed by atoms with Crippen molar-refractivity contribution in [2.75, 3.05) is 13.2 Å². The molecule has 0 saturated carbocycles. The highest BCUT2D eigenvalue weighted by atomic mass is 16.5. The Kier molecular flexibility index (Phi) is 13.0. The Morgan fingerprint density at radius 1 is 0.278 bits per heavy atom. The second-order valence-electron chi connectivity index (χ2n) is 19.2. The first kappa shape index (κ1) is 48.8. The van der Waals surface area contributed by atoms with Gasteiger partial charge in [0, 0.05) is 69.2 Å². The Bertz CT molecular complexity index is 3420. The zero-order valence-corrected chi connectivity index (χ0v) is 41.7. The molecule has 10 heteroatoms. The first-order chi connectivity index (χ1) is 34.4. The number of aromatic hydroxyl groups is 8. The van der Waals surface area contributed by atoms with Gasteiger partial charge < -0.3 is 50.3 Å². The summed E-state index contributed by atoms with van der Waals surface area (Å²) in [5.74, 6) is -2.30. The summed E-state index contributed by atoms with van der Waals surface area (Å²) in [5.41, 5.74) is 11.1. The third kappa shape index (κ3) is 8.71. The van der Waals surface area contributed by atoms with Gasteiger partial charge in [-0.3, -0.25) is 0 Å². The summed E-state index contributed by atoms with van der Waals surface area (Å²) in [4.78, 5) is 0. The van der Waals surface area contributed by atoms with Crippen molar-refractivity contribution in [2.45, 2.75) is 79.1 Å². The van der Waals surface area contributed by atoms with Crippen molar-refractivity contribution in [1.29, 1.82) is 0 Å². The molecule has 0 fully saturated rings. The van der Waals surface area contributed by atoms with E-state index in [2.05, 4.69) is 0 Å². The van der Waals surface area contributed by atoms with Gasteiger partial charge in [0.05, 0.1) is 13.2 Å². The SMILES string of the molecule is CCOc1cc(O)c2cc1C(c1ccc(O)c(C)c1)c1cc(c(OCC)cc1O)C(c1ccc(O)c(C)c1)c1cc(c(C)cc1O)C(c1ccc(O)c(C)c1)c1cc(c(C)cc1O)C2c1ccc(O)c(C)c1. The molecule has 0 saturated heterocycles. The lowest BCUT2D eigenvalue weighted by Gasteiger charge is -2.31. The highest BCUT2D eigenvalue weighted by Crippen LogP contribution is 2.53. The van der Waals surface area contributed by atoms with Crippen molar-refractivity contribution < 1.29 is 50.3 Å². The minimum atomic E-state index is -0.835. The van der Waals surface area contributed by atoms with Crippen LogP contribution in [0.4, 0.5) is 0 Å². The lowest BCUT2D eigenvalue weighted by molar-refractivity contribution is 0.331. The number of ether oxygens (including phenoxy) is 2. The predicted molar refractivity (Wildman–Crippen MR) is 279 cm³/mol. The second-order valence-corrected chi connectivity index (χ2v) is 19.2. The van der Waals surface area contributed by atoms with Crippen molar-refractivity contribution >= 4 is 0 Å². The average molecular weight is 965 g/mol. The van der Waals surface area contributed by atoms with Gasteiger partial charge in [0.15, 0.2) is 0 Å². The molecule has 4 atom stereocenters. The van der Waals surface area contributed by atoms with Crippen LogP contribution in [0.25, 0.3) is 0 Å². The van der Waals surface area contributed by atoms with Crippen molar-refractivity contribution in [3.63, 3.8) is 0 Å². The van der Waals surface area contributed by atoms with Gasteiger partial charge in [-0.25, -0.2) is 0 Å². The predicted octanol–water partition coefficient (Wildman–Crippen LogP) is 13.0. The Morgan fingerprint density at radius 3 is 0.792 bits per heavy atom. The first-order valence-electron chi connectivity index (χ1n) is 24.2. The van der Waals surface area contributed by atoms with E-state index in [1.165, 1.54) is 0 Å². The Morgan fingerprint density at radius 2 is 0.528 bits per heavy atom. The molecule has 8 N–H and O–H groups in total. The fourth-order valence-electron chi connectivity index (χ4n) is 10.8. The maximum atomic E-state index is 12.6. The van der Waals surface area contributed by atoms with Gasteiger partial charge in [-0.15, -0.1) is 0 Å². The van der Waals surface area contributed by atoms with E-state index in [0.717, 1.165) is 22.3 Å². The van der Waals surface area contributed by atoms with Gasteiger partial charge in [0.25, 0.3) is 0 Å². The molecule has 0 spiro atoms. The van der Waals surface area contributed by atoms with Crippen LogP contribution in [0, 0.1) is 41.5 Å². The van der Waals surface area contributed by atoms with E-state index in [-0.39, 0.29) is 59.2 Å². The Labute approximate surface area is 420 Å². The Hall–Kier alpha value is -8.24. The molecule has 72 heavy (non-hydrogen) atoms.